The summed E-state index contributed by atoms with van der Waals surface area (Å²) in [6.07, 6.45) is 3.09. The Kier molecular flexibility index (Phi) is 4.47. The molecule has 1 aliphatic rings. The summed E-state index contributed by atoms with van der Waals surface area (Å²) in [6.45, 7) is 1.87. The van der Waals surface area contributed by atoms with E-state index in [1.54, 1.807) is 24.3 Å². The average Bonchev–Trinajstić information content (AvgIpc) is 2.55. The summed E-state index contributed by atoms with van der Waals surface area (Å²) >= 11 is 6.17. The number of halogens is 1. The molecule has 0 saturated carbocycles. The number of allylic oxidation sites excluding steroid dienone is 1. The fourth-order valence-corrected chi connectivity index (χ4v) is 4.19. The highest BCUT2D eigenvalue weighted by Crippen LogP contribution is 2.33. The van der Waals surface area contributed by atoms with Crippen LogP contribution in [0, 0.1) is 6.92 Å². The average molecular weight is 362 g/mol. The van der Waals surface area contributed by atoms with Crippen LogP contribution in [0.5, 0.6) is 0 Å². The van der Waals surface area contributed by atoms with Crippen molar-refractivity contribution in [2.24, 2.45) is 0 Å². The number of hydrogen-bond donors (Lipinski definition) is 0. The number of sulfonamides is 1. The number of benzene rings is 2. The number of hydrogen-bond acceptors (Lipinski definition) is 3. The fourth-order valence-electron chi connectivity index (χ4n) is 2.64. The lowest BCUT2D eigenvalue weighted by atomic mass is 9.94. The van der Waals surface area contributed by atoms with E-state index in [9.17, 15) is 13.2 Å². The van der Waals surface area contributed by atoms with Crippen LogP contribution in [0.1, 0.15) is 23.5 Å². The van der Waals surface area contributed by atoms with Gasteiger partial charge in [-0.05, 0) is 30.7 Å². The van der Waals surface area contributed by atoms with E-state index in [1.807, 2.05) is 25.1 Å². The van der Waals surface area contributed by atoms with Crippen LogP contribution in [0.25, 0.3) is 0 Å². The molecular weight excluding hydrogens is 346 g/mol. The smallest absolute Gasteiger partial charge is 0.270 e. The molecule has 1 unspecified atom stereocenters. The van der Waals surface area contributed by atoms with Crippen molar-refractivity contribution in [1.29, 1.82) is 0 Å². The number of nitrogens with zero attached hydrogens (tertiary/aromatic N) is 1. The fraction of sp³-hybridized carbons (Fsp3) is 0.167. The topological polar surface area (TPSA) is 54.5 Å². The van der Waals surface area contributed by atoms with Gasteiger partial charge in [-0.2, -0.15) is 0 Å². The Hall–Kier alpha value is -2.11. The van der Waals surface area contributed by atoms with Crippen molar-refractivity contribution >= 4 is 27.5 Å². The minimum atomic E-state index is -3.88. The lowest BCUT2D eigenvalue weighted by molar-refractivity contribution is -0.125. The van der Waals surface area contributed by atoms with Gasteiger partial charge in [-0.15, -0.1) is 0 Å². The van der Waals surface area contributed by atoms with Gasteiger partial charge in [0.1, 0.15) is 0 Å². The van der Waals surface area contributed by atoms with Gasteiger partial charge in [0.2, 0.25) is 5.91 Å². The highest BCUT2D eigenvalue weighted by Gasteiger charge is 2.32. The molecule has 24 heavy (non-hydrogen) atoms. The van der Waals surface area contributed by atoms with Crippen molar-refractivity contribution in [3.63, 3.8) is 0 Å². The van der Waals surface area contributed by atoms with E-state index in [2.05, 4.69) is 0 Å². The molecule has 0 spiro atoms. The quantitative estimate of drug-likeness (QED) is 0.833. The first-order valence-corrected chi connectivity index (χ1v) is 9.28. The Balaban J connectivity index is 1.92. The zero-order valence-electron chi connectivity index (χ0n) is 13.0. The minimum absolute atomic E-state index is 0.0608. The summed E-state index contributed by atoms with van der Waals surface area (Å²) in [6, 6.07) is 13.7. The molecule has 0 N–H and O–H groups in total. The van der Waals surface area contributed by atoms with E-state index < -0.39 is 15.9 Å². The van der Waals surface area contributed by atoms with Crippen molar-refractivity contribution in [1.82, 2.24) is 4.31 Å². The number of rotatable bonds is 3. The molecule has 1 heterocycles. The second-order valence-corrected chi connectivity index (χ2v) is 7.90. The van der Waals surface area contributed by atoms with E-state index in [1.165, 1.54) is 18.3 Å². The Labute approximate surface area is 146 Å². The number of amides is 1. The van der Waals surface area contributed by atoms with Crippen LogP contribution in [0.4, 0.5) is 0 Å². The van der Waals surface area contributed by atoms with Gasteiger partial charge < -0.3 is 0 Å². The second kappa shape index (κ2) is 6.42. The standard InChI is InChI=1S/C18H16ClNO3S/c1-13-6-8-15(9-7-13)24(22,23)20-11-10-14(12-18(20)21)16-4-2-3-5-17(16)19/h2-11,14H,12H2,1H3. The summed E-state index contributed by atoms with van der Waals surface area (Å²) in [5.74, 6) is -0.696. The number of aryl methyl sites for hydroxylation is 1. The lowest BCUT2D eigenvalue weighted by Gasteiger charge is -2.26. The Morgan fingerprint density at radius 3 is 2.38 bits per heavy atom. The van der Waals surface area contributed by atoms with Crippen LogP contribution >= 0.6 is 11.6 Å². The van der Waals surface area contributed by atoms with E-state index in [0.29, 0.717) is 5.02 Å². The van der Waals surface area contributed by atoms with Gasteiger partial charge in [0.15, 0.2) is 0 Å². The molecule has 3 rings (SSSR count). The van der Waals surface area contributed by atoms with Crippen LogP contribution < -0.4 is 0 Å². The highest BCUT2D eigenvalue weighted by molar-refractivity contribution is 7.89. The molecule has 0 aromatic heterocycles. The number of carbonyl (C=O) groups excluding carboxylic acids is 1. The summed E-state index contributed by atoms with van der Waals surface area (Å²) in [5.41, 5.74) is 1.77. The van der Waals surface area contributed by atoms with Crippen LogP contribution in [0.2, 0.25) is 5.02 Å². The van der Waals surface area contributed by atoms with Gasteiger partial charge in [-0.25, -0.2) is 12.7 Å². The first-order chi connectivity index (χ1) is 11.4. The van der Waals surface area contributed by atoms with Crippen LogP contribution in [0.15, 0.2) is 65.7 Å². The SMILES string of the molecule is Cc1ccc(S(=O)(=O)N2C=CC(c3ccccc3Cl)CC2=O)cc1. The maximum absolute atomic E-state index is 12.6. The molecule has 0 aliphatic carbocycles. The van der Waals surface area contributed by atoms with Gasteiger partial charge in [0, 0.05) is 23.6 Å². The zero-order chi connectivity index (χ0) is 17.3. The molecule has 124 valence electrons. The lowest BCUT2D eigenvalue weighted by Crippen LogP contribution is -2.35. The maximum atomic E-state index is 12.6. The van der Waals surface area contributed by atoms with Crippen LogP contribution in [0.3, 0.4) is 0 Å². The molecule has 6 heteroatoms. The largest absolute Gasteiger partial charge is 0.273 e. The van der Waals surface area contributed by atoms with Gasteiger partial charge >= 0.3 is 0 Å². The van der Waals surface area contributed by atoms with Gasteiger partial charge in [-0.3, -0.25) is 4.79 Å². The maximum Gasteiger partial charge on any atom is 0.270 e. The monoisotopic (exact) mass is 361 g/mol. The molecule has 0 fully saturated rings. The van der Waals surface area contributed by atoms with Crippen LogP contribution in [-0.2, 0) is 14.8 Å². The van der Waals surface area contributed by atoms with Crippen molar-refractivity contribution in [3.8, 4) is 0 Å². The number of carbonyl (C=O) groups is 1. The third-order valence-electron chi connectivity index (χ3n) is 3.98. The van der Waals surface area contributed by atoms with E-state index >= 15 is 0 Å². The summed E-state index contributed by atoms with van der Waals surface area (Å²) < 4.78 is 26.1. The van der Waals surface area contributed by atoms with Crippen molar-refractivity contribution < 1.29 is 13.2 Å². The van der Waals surface area contributed by atoms with Gasteiger partial charge in [0.25, 0.3) is 10.0 Å². The molecule has 1 amide bonds. The Bertz CT molecular complexity index is 904. The summed E-state index contributed by atoms with van der Waals surface area (Å²) in [4.78, 5) is 12.5. The van der Waals surface area contributed by atoms with E-state index in [-0.39, 0.29) is 17.2 Å². The molecule has 4 nitrogen and oxygen atoms in total. The molecule has 0 radical (unpaired) electrons. The first-order valence-electron chi connectivity index (χ1n) is 7.46. The summed E-state index contributed by atoms with van der Waals surface area (Å²) in [7, 11) is -3.88. The molecular formula is C18H16ClNO3S. The third kappa shape index (κ3) is 3.09. The molecule has 0 saturated heterocycles. The van der Waals surface area contributed by atoms with Crippen molar-refractivity contribution in [3.05, 3.63) is 77.0 Å². The molecule has 0 bridgehead atoms. The third-order valence-corrected chi connectivity index (χ3v) is 6.03. The zero-order valence-corrected chi connectivity index (χ0v) is 14.6. The molecule has 1 aliphatic heterocycles. The van der Waals surface area contributed by atoms with Crippen molar-refractivity contribution in [2.75, 3.05) is 0 Å². The normalized spacial score (nSPS) is 18.0. The van der Waals surface area contributed by atoms with E-state index in [4.69, 9.17) is 11.6 Å². The van der Waals surface area contributed by atoms with Crippen molar-refractivity contribution in [2.45, 2.75) is 24.2 Å². The predicted molar refractivity (Wildman–Crippen MR) is 93.2 cm³/mol. The second-order valence-electron chi connectivity index (χ2n) is 5.68. The molecule has 2 aromatic rings. The van der Waals surface area contributed by atoms with Gasteiger partial charge in [0.05, 0.1) is 4.90 Å². The Morgan fingerprint density at radius 1 is 1.08 bits per heavy atom. The highest BCUT2D eigenvalue weighted by atomic mass is 35.5. The molecule has 2 aromatic carbocycles. The van der Waals surface area contributed by atoms with Gasteiger partial charge in [-0.1, -0.05) is 53.6 Å². The predicted octanol–water partition coefficient (Wildman–Crippen LogP) is 3.87. The minimum Gasteiger partial charge on any atom is -0.273 e. The summed E-state index contributed by atoms with van der Waals surface area (Å²) in [5, 5.41) is 0.565. The van der Waals surface area contributed by atoms with Crippen LogP contribution in [-0.4, -0.2) is 18.6 Å². The van der Waals surface area contributed by atoms with E-state index in [0.717, 1.165) is 15.4 Å². The first kappa shape index (κ1) is 16.7. The Morgan fingerprint density at radius 2 is 1.75 bits per heavy atom. The molecule has 1 atom stereocenters.